The van der Waals surface area contributed by atoms with E-state index in [1.807, 2.05) is 18.2 Å². The summed E-state index contributed by atoms with van der Waals surface area (Å²) in [5.74, 6) is -1.35. The highest BCUT2D eigenvalue weighted by Gasteiger charge is 2.36. The van der Waals surface area contributed by atoms with Crippen LogP contribution in [0, 0.1) is 17.6 Å². The van der Waals surface area contributed by atoms with Crippen molar-refractivity contribution in [1.82, 2.24) is 4.90 Å². The fraction of sp³-hybridized carbons (Fsp3) is 0.333. The molecule has 2 aliphatic rings. The molecule has 0 radical (unpaired) electrons. The van der Waals surface area contributed by atoms with Gasteiger partial charge in [-0.25, -0.2) is 8.78 Å². The lowest BCUT2D eigenvalue weighted by Crippen LogP contribution is -2.38. The lowest BCUT2D eigenvalue weighted by Gasteiger charge is -2.25. The number of carbonyl (C=O) groups is 1. The standard InChI is InChI=1S/C21H19ClF2N2O2/c22-18-4-2-1-3-17(18)20-10-16(28-25-20)12-26(21(27)13-5-6-13)11-14-7-8-15(23)9-19(14)24/h1-4,7-9,13,16H,5-6,10-12H2/t16-/m0/s1. The Morgan fingerprint density at radius 1 is 1.21 bits per heavy atom. The van der Waals surface area contributed by atoms with Crippen LogP contribution in [-0.2, 0) is 16.2 Å². The SMILES string of the molecule is O=C(C1CC1)N(Cc1ccc(F)cc1F)C[C@@H]1CC(c2ccccc2Cl)=NO1. The molecule has 1 heterocycles. The zero-order valence-electron chi connectivity index (χ0n) is 15.1. The van der Waals surface area contributed by atoms with Crippen LogP contribution >= 0.6 is 11.6 Å². The molecule has 1 amide bonds. The van der Waals surface area contributed by atoms with Gasteiger partial charge in [-0.05, 0) is 25.0 Å². The van der Waals surface area contributed by atoms with Crippen LogP contribution in [0.5, 0.6) is 0 Å². The Hall–Kier alpha value is -2.47. The Kier molecular flexibility index (Phi) is 5.31. The van der Waals surface area contributed by atoms with Gasteiger partial charge in [-0.2, -0.15) is 0 Å². The minimum Gasteiger partial charge on any atom is -0.390 e. The predicted octanol–water partition coefficient (Wildman–Crippen LogP) is 4.55. The smallest absolute Gasteiger partial charge is 0.226 e. The zero-order chi connectivity index (χ0) is 19.7. The van der Waals surface area contributed by atoms with Crippen LogP contribution in [0.15, 0.2) is 47.6 Å². The minimum absolute atomic E-state index is 0.0196. The normalized spacial score (nSPS) is 18.5. The van der Waals surface area contributed by atoms with E-state index in [1.165, 1.54) is 12.1 Å². The minimum atomic E-state index is -0.658. The molecular formula is C21H19ClF2N2O2. The topological polar surface area (TPSA) is 41.9 Å². The second kappa shape index (κ2) is 7.87. The molecule has 1 fully saturated rings. The number of oxime groups is 1. The Bertz CT molecular complexity index is 930. The molecule has 28 heavy (non-hydrogen) atoms. The summed E-state index contributed by atoms with van der Waals surface area (Å²) in [6, 6.07) is 10.8. The predicted molar refractivity (Wildman–Crippen MR) is 102 cm³/mol. The molecule has 146 valence electrons. The second-order valence-corrected chi connectivity index (χ2v) is 7.59. The van der Waals surface area contributed by atoms with E-state index in [9.17, 15) is 13.6 Å². The van der Waals surface area contributed by atoms with Crippen LogP contribution in [0.4, 0.5) is 8.78 Å². The molecule has 0 spiro atoms. The summed E-state index contributed by atoms with van der Waals surface area (Å²) >= 11 is 6.22. The molecule has 1 aliphatic carbocycles. The zero-order valence-corrected chi connectivity index (χ0v) is 15.8. The van der Waals surface area contributed by atoms with Crippen molar-refractivity contribution in [2.45, 2.75) is 31.9 Å². The van der Waals surface area contributed by atoms with Gasteiger partial charge in [0, 0.05) is 41.1 Å². The van der Waals surface area contributed by atoms with Gasteiger partial charge in [-0.15, -0.1) is 0 Å². The highest BCUT2D eigenvalue weighted by Crippen LogP contribution is 2.32. The average molecular weight is 405 g/mol. The Balaban J connectivity index is 1.46. The second-order valence-electron chi connectivity index (χ2n) is 7.18. The molecule has 0 unspecified atom stereocenters. The van der Waals surface area contributed by atoms with Gasteiger partial charge < -0.3 is 9.74 Å². The molecule has 1 saturated carbocycles. The van der Waals surface area contributed by atoms with Gasteiger partial charge >= 0.3 is 0 Å². The summed E-state index contributed by atoms with van der Waals surface area (Å²) in [5.41, 5.74) is 1.80. The van der Waals surface area contributed by atoms with E-state index in [2.05, 4.69) is 5.16 Å². The number of carbonyl (C=O) groups excluding carboxylic acids is 1. The largest absolute Gasteiger partial charge is 0.390 e. The van der Waals surface area contributed by atoms with Gasteiger partial charge in [-0.1, -0.05) is 41.0 Å². The molecule has 0 aromatic heterocycles. The maximum atomic E-state index is 14.1. The van der Waals surface area contributed by atoms with E-state index in [4.69, 9.17) is 16.4 Å². The molecule has 2 aromatic carbocycles. The maximum Gasteiger partial charge on any atom is 0.226 e. The highest BCUT2D eigenvalue weighted by molar-refractivity contribution is 6.34. The monoisotopic (exact) mass is 404 g/mol. The fourth-order valence-electron chi connectivity index (χ4n) is 3.30. The van der Waals surface area contributed by atoms with E-state index >= 15 is 0 Å². The summed E-state index contributed by atoms with van der Waals surface area (Å²) in [6.45, 7) is 0.354. The van der Waals surface area contributed by atoms with E-state index in [0.717, 1.165) is 30.2 Å². The van der Waals surface area contributed by atoms with Crippen molar-refractivity contribution in [2.24, 2.45) is 11.1 Å². The van der Waals surface area contributed by atoms with Gasteiger partial charge in [0.15, 0.2) is 6.10 Å². The third-order valence-electron chi connectivity index (χ3n) is 4.96. The third kappa shape index (κ3) is 4.17. The number of halogens is 3. The molecule has 1 aliphatic heterocycles. The number of hydrogen-bond donors (Lipinski definition) is 0. The van der Waals surface area contributed by atoms with Gasteiger partial charge in [0.2, 0.25) is 5.91 Å². The first kappa shape index (κ1) is 18.9. The number of nitrogens with zero attached hydrogens (tertiary/aromatic N) is 2. The van der Waals surface area contributed by atoms with Crippen LogP contribution in [0.25, 0.3) is 0 Å². The van der Waals surface area contributed by atoms with Gasteiger partial charge in [-0.3, -0.25) is 4.79 Å². The quantitative estimate of drug-likeness (QED) is 0.708. The number of hydrogen-bond acceptors (Lipinski definition) is 3. The number of rotatable bonds is 6. The fourth-order valence-corrected chi connectivity index (χ4v) is 3.55. The first-order valence-corrected chi connectivity index (χ1v) is 9.59. The van der Waals surface area contributed by atoms with Crippen molar-refractivity contribution in [3.05, 3.63) is 70.2 Å². The summed E-state index contributed by atoms with van der Waals surface area (Å²) in [6.07, 6.45) is 1.85. The summed E-state index contributed by atoms with van der Waals surface area (Å²) in [7, 11) is 0. The van der Waals surface area contributed by atoms with Gasteiger partial charge in [0.05, 0.1) is 12.3 Å². The highest BCUT2D eigenvalue weighted by atomic mass is 35.5. The van der Waals surface area contributed by atoms with Gasteiger partial charge in [0.1, 0.15) is 11.6 Å². The van der Waals surface area contributed by atoms with Crippen molar-refractivity contribution in [3.8, 4) is 0 Å². The van der Waals surface area contributed by atoms with E-state index in [-0.39, 0.29) is 36.6 Å². The Morgan fingerprint density at radius 3 is 2.71 bits per heavy atom. The van der Waals surface area contributed by atoms with Crippen molar-refractivity contribution in [1.29, 1.82) is 0 Å². The van der Waals surface area contributed by atoms with E-state index in [1.54, 1.807) is 11.0 Å². The maximum absolute atomic E-state index is 14.1. The molecular weight excluding hydrogens is 386 g/mol. The van der Waals surface area contributed by atoms with Crippen LogP contribution in [0.3, 0.4) is 0 Å². The lowest BCUT2D eigenvalue weighted by molar-refractivity contribution is -0.135. The van der Waals surface area contributed by atoms with Crippen molar-refractivity contribution in [3.63, 3.8) is 0 Å². The first-order valence-electron chi connectivity index (χ1n) is 9.21. The molecule has 2 aromatic rings. The van der Waals surface area contributed by atoms with Crippen LogP contribution in [0.2, 0.25) is 5.02 Å². The molecule has 4 rings (SSSR count). The van der Waals surface area contributed by atoms with Gasteiger partial charge in [0.25, 0.3) is 0 Å². The third-order valence-corrected chi connectivity index (χ3v) is 5.29. The van der Waals surface area contributed by atoms with E-state index in [0.29, 0.717) is 11.4 Å². The molecule has 7 heteroatoms. The average Bonchev–Trinajstić information content (AvgIpc) is 3.42. The van der Waals surface area contributed by atoms with Crippen molar-refractivity contribution in [2.75, 3.05) is 6.54 Å². The number of amides is 1. The summed E-state index contributed by atoms with van der Waals surface area (Å²) in [5, 5.41) is 4.72. The lowest BCUT2D eigenvalue weighted by atomic mass is 10.0. The first-order chi connectivity index (χ1) is 13.5. The molecule has 0 saturated heterocycles. The van der Waals surface area contributed by atoms with Crippen LogP contribution < -0.4 is 0 Å². The molecule has 0 N–H and O–H groups in total. The Labute approximate surface area is 166 Å². The van der Waals surface area contributed by atoms with E-state index < -0.39 is 11.6 Å². The molecule has 4 nitrogen and oxygen atoms in total. The van der Waals surface area contributed by atoms with Crippen molar-refractivity contribution >= 4 is 23.2 Å². The molecule has 0 bridgehead atoms. The van der Waals surface area contributed by atoms with Crippen molar-refractivity contribution < 1.29 is 18.4 Å². The molecule has 1 atom stereocenters. The number of benzene rings is 2. The van der Waals surface area contributed by atoms with Crippen LogP contribution in [0.1, 0.15) is 30.4 Å². The summed E-state index contributed by atoms with van der Waals surface area (Å²) in [4.78, 5) is 19.8. The van der Waals surface area contributed by atoms with Crippen LogP contribution in [-0.4, -0.2) is 29.2 Å². The summed E-state index contributed by atoms with van der Waals surface area (Å²) < 4.78 is 27.3. The Morgan fingerprint density at radius 2 is 2.00 bits per heavy atom.